The summed E-state index contributed by atoms with van der Waals surface area (Å²) in [5.74, 6) is -0.303. The van der Waals surface area contributed by atoms with Crippen LogP contribution in [0.4, 0.5) is 0 Å². The van der Waals surface area contributed by atoms with E-state index in [0.29, 0.717) is 11.6 Å². The predicted molar refractivity (Wildman–Crippen MR) is 107 cm³/mol. The first kappa shape index (κ1) is 17.4. The average molecular weight is 376 g/mol. The van der Waals surface area contributed by atoms with E-state index in [-0.39, 0.29) is 17.5 Å². The molecule has 0 spiro atoms. The van der Waals surface area contributed by atoms with Crippen molar-refractivity contribution in [2.24, 2.45) is 0 Å². The lowest BCUT2D eigenvalue weighted by molar-refractivity contribution is -0.117. The maximum absolute atomic E-state index is 12.3. The molecule has 0 aliphatic heterocycles. The van der Waals surface area contributed by atoms with Crippen molar-refractivity contribution in [2.75, 3.05) is 0 Å². The first-order valence-electron chi connectivity index (χ1n) is 8.89. The fourth-order valence-corrected chi connectivity index (χ4v) is 3.32. The van der Waals surface area contributed by atoms with Gasteiger partial charge in [-0.3, -0.25) is 4.79 Å². The quantitative estimate of drug-likeness (QED) is 0.526. The van der Waals surface area contributed by atoms with Gasteiger partial charge in [0.05, 0.1) is 0 Å². The zero-order valence-corrected chi connectivity index (χ0v) is 15.4. The lowest BCUT2D eigenvalue weighted by atomic mass is 10.1. The minimum Gasteiger partial charge on any atom is -0.349 e. The third kappa shape index (κ3) is 3.74. The Bertz CT molecular complexity index is 1090. The molecule has 1 aliphatic carbocycles. The van der Waals surface area contributed by atoms with Gasteiger partial charge in [-0.2, -0.15) is 5.26 Å². The second kappa shape index (κ2) is 7.30. The molecule has 1 heterocycles. The maximum Gasteiger partial charge on any atom is 0.262 e. The topological polar surface area (TPSA) is 57.8 Å². The highest BCUT2D eigenvalue weighted by Crippen LogP contribution is 2.26. The van der Waals surface area contributed by atoms with Crippen molar-refractivity contribution < 1.29 is 4.79 Å². The van der Waals surface area contributed by atoms with Gasteiger partial charge in [0.25, 0.3) is 5.91 Å². The van der Waals surface area contributed by atoms with Gasteiger partial charge in [0, 0.05) is 40.3 Å². The van der Waals surface area contributed by atoms with Crippen LogP contribution in [0.2, 0.25) is 5.02 Å². The highest BCUT2D eigenvalue weighted by molar-refractivity contribution is 6.31. The molecule has 2 aromatic carbocycles. The van der Waals surface area contributed by atoms with Crippen LogP contribution in [-0.4, -0.2) is 16.5 Å². The van der Waals surface area contributed by atoms with Gasteiger partial charge in [-0.15, -0.1) is 0 Å². The zero-order chi connectivity index (χ0) is 18.8. The third-order valence-corrected chi connectivity index (χ3v) is 5.06. The number of rotatable bonds is 5. The monoisotopic (exact) mass is 375 g/mol. The molecule has 1 aromatic heterocycles. The molecule has 4 rings (SSSR count). The Morgan fingerprint density at radius 3 is 2.70 bits per heavy atom. The number of para-hydroxylation sites is 1. The Balaban J connectivity index is 1.73. The molecule has 3 aromatic rings. The Morgan fingerprint density at radius 2 is 1.96 bits per heavy atom. The number of hydrogen-bond acceptors (Lipinski definition) is 2. The summed E-state index contributed by atoms with van der Waals surface area (Å²) in [7, 11) is 0. The molecule has 1 amide bonds. The van der Waals surface area contributed by atoms with Gasteiger partial charge < -0.3 is 9.88 Å². The molecule has 1 fully saturated rings. The van der Waals surface area contributed by atoms with Crippen LogP contribution in [0.25, 0.3) is 17.0 Å². The fraction of sp³-hybridized carbons (Fsp3) is 0.182. The Morgan fingerprint density at radius 1 is 1.22 bits per heavy atom. The van der Waals surface area contributed by atoms with Crippen molar-refractivity contribution in [1.82, 2.24) is 9.88 Å². The summed E-state index contributed by atoms with van der Waals surface area (Å²) in [6.07, 6.45) is 5.61. The molecule has 1 aliphatic rings. The molecule has 27 heavy (non-hydrogen) atoms. The number of aromatic nitrogens is 1. The number of halogens is 1. The van der Waals surface area contributed by atoms with Crippen molar-refractivity contribution in [2.45, 2.75) is 25.4 Å². The molecule has 0 bridgehead atoms. The summed E-state index contributed by atoms with van der Waals surface area (Å²) in [5.41, 5.74) is 3.02. The number of amides is 1. The van der Waals surface area contributed by atoms with Gasteiger partial charge in [-0.1, -0.05) is 48.0 Å². The Labute approximate surface area is 162 Å². The van der Waals surface area contributed by atoms with E-state index in [9.17, 15) is 10.1 Å². The molecule has 0 saturated heterocycles. The number of nitriles is 1. The first-order valence-corrected chi connectivity index (χ1v) is 9.27. The van der Waals surface area contributed by atoms with Crippen LogP contribution < -0.4 is 5.32 Å². The maximum atomic E-state index is 12.3. The molecule has 0 unspecified atom stereocenters. The predicted octanol–water partition coefficient (Wildman–Crippen LogP) is 4.53. The molecule has 1 N–H and O–H groups in total. The van der Waals surface area contributed by atoms with Crippen molar-refractivity contribution in [3.63, 3.8) is 0 Å². The summed E-state index contributed by atoms with van der Waals surface area (Å²) < 4.78 is 2.09. The van der Waals surface area contributed by atoms with Gasteiger partial charge in [-0.05, 0) is 36.6 Å². The molecule has 0 radical (unpaired) electrons. The van der Waals surface area contributed by atoms with E-state index in [1.54, 1.807) is 6.08 Å². The smallest absolute Gasteiger partial charge is 0.262 e. The summed E-state index contributed by atoms with van der Waals surface area (Å²) in [5, 5.41) is 14.0. The van der Waals surface area contributed by atoms with Gasteiger partial charge >= 0.3 is 0 Å². The summed E-state index contributed by atoms with van der Waals surface area (Å²) in [6, 6.07) is 18.0. The van der Waals surface area contributed by atoms with Gasteiger partial charge in [-0.25, -0.2) is 0 Å². The molecule has 1 saturated carbocycles. The standard InChI is InChI=1S/C22H18ClN3O/c23-20-7-3-1-5-15(20)13-26-14-17(19-6-2-4-8-21(19)26)11-16(12-24)22(27)25-18-9-10-18/h1-8,11,14,18H,9-10,13H2,(H,25,27). The van der Waals surface area contributed by atoms with E-state index in [2.05, 4.69) is 9.88 Å². The fourth-order valence-electron chi connectivity index (χ4n) is 3.13. The lowest BCUT2D eigenvalue weighted by Crippen LogP contribution is -2.26. The van der Waals surface area contributed by atoms with E-state index in [1.807, 2.05) is 60.8 Å². The van der Waals surface area contributed by atoms with E-state index in [4.69, 9.17) is 11.6 Å². The van der Waals surface area contributed by atoms with Crippen LogP contribution in [0.3, 0.4) is 0 Å². The van der Waals surface area contributed by atoms with Gasteiger partial charge in [0.1, 0.15) is 11.6 Å². The summed E-state index contributed by atoms with van der Waals surface area (Å²) in [6.45, 7) is 0.615. The van der Waals surface area contributed by atoms with Crippen LogP contribution >= 0.6 is 11.6 Å². The van der Waals surface area contributed by atoms with Crippen molar-refractivity contribution >= 4 is 34.5 Å². The largest absolute Gasteiger partial charge is 0.349 e. The number of hydrogen-bond donors (Lipinski definition) is 1. The van der Waals surface area contributed by atoms with Gasteiger partial charge in [0.15, 0.2) is 0 Å². The Kier molecular flexibility index (Phi) is 4.70. The Hall–Kier alpha value is -3.03. The second-order valence-electron chi connectivity index (χ2n) is 6.74. The van der Waals surface area contributed by atoms with Crippen molar-refractivity contribution in [3.05, 3.63) is 76.5 Å². The average Bonchev–Trinajstić information content (AvgIpc) is 3.43. The molecular formula is C22H18ClN3O. The number of nitrogens with one attached hydrogen (secondary N) is 1. The van der Waals surface area contributed by atoms with Crippen LogP contribution in [-0.2, 0) is 11.3 Å². The van der Waals surface area contributed by atoms with E-state index in [1.165, 1.54) is 0 Å². The minimum atomic E-state index is -0.303. The molecule has 5 heteroatoms. The SMILES string of the molecule is N#CC(=Cc1cn(Cc2ccccc2Cl)c2ccccc12)C(=O)NC1CC1. The number of nitrogens with zero attached hydrogens (tertiary/aromatic N) is 2. The molecule has 4 nitrogen and oxygen atoms in total. The van der Waals surface area contributed by atoms with E-state index in [0.717, 1.165) is 34.9 Å². The van der Waals surface area contributed by atoms with Crippen LogP contribution in [0, 0.1) is 11.3 Å². The summed E-state index contributed by atoms with van der Waals surface area (Å²) >= 11 is 6.31. The van der Waals surface area contributed by atoms with E-state index >= 15 is 0 Å². The number of benzene rings is 2. The highest BCUT2D eigenvalue weighted by Gasteiger charge is 2.25. The third-order valence-electron chi connectivity index (χ3n) is 4.70. The van der Waals surface area contributed by atoms with Crippen LogP contribution in [0.15, 0.2) is 60.3 Å². The molecule has 0 atom stereocenters. The van der Waals surface area contributed by atoms with E-state index < -0.39 is 0 Å². The molecule has 134 valence electrons. The first-order chi connectivity index (χ1) is 13.2. The van der Waals surface area contributed by atoms with Crippen molar-refractivity contribution in [3.8, 4) is 6.07 Å². The van der Waals surface area contributed by atoms with Crippen molar-refractivity contribution in [1.29, 1.82) is 5.26 Å². The van der Waals surface area contributed by atoms with Crippen LogP contribution in [0.1, 0.15) is 24.0 Å². The number of carbonyl (C=O) groups excluding carboxylic acids is 1. The van der Waals surface area contributed by atoms with Crippen LogP contribution in [0.5, 0.6) is 0 Å². The number of fused-ring (bicyclic) bond motifs is 1. The highest BCUT2D eigenvalue weighted by atomic mass is 35.5. The normalized spacial score (nSPS) is 14.1. The second-order valence-corrected chi connectivity index (χ2v) is 7.15. The van der Waals surface area contributed by atoms with Gasteiger partial charge in [0.2, 0.25) is 0 Å². The minimum absolute atomic E-state index is 0.127. The summed E-state index contributed by atoms with van der Waals surface area (Å²) in [4.78, 5) is 12.3. The lowest BCUT2D eigenvalue weighted by Gasteiger charge is -2.07. The number of carbonyl (C=O) groups is 1. The zero-order valence-electron chi connectivity index (χ0n) is 14.7. The molecular weight excluding hydrogens is 358 g/mol.